The second-order valence-corrected chi connectivity index (χ2v) is 5.59. The first-order valence-corrected chi connectivity index (χ1v) is 7.64. The lowest BCUT2D eigenvalue weighted by molar-refractivity contribution is 0.234. The summed E-state index contributed by atoms with van der Waals surface area (Å²) in [6.07, 6.45) is 2.90. The lowest BCUT2D eigenvalue weighted by atomic mass is 10.1. The molecule has 0 aliphatic heterocycles. The standard InChI is InChI=1S/C16H25N3O2/c1-3-19(2)15-7-5-4-6-14(15)18-16(21)17-13(10-11-20)12-8-9-12/h4-7,12-13,20H,3,8-11H2,1-2H3,(H2,17,18,21)/t13-/m1/s1. The van der Waals surface area contributed by atoms with Gasteiger partial charge in [-0.1, -0.05) is 12.1 Å². The van der Waals surface area contributed by atoms with Crippen LogP contribution in [0, 0.1) is 5.92 Å². The van der Waals surface area contributed by atoms with Gasteiger partial charge in [0.1, 0.15) is 0 Å². The second kappa shape index (κ2) is 7.31. The molecule has 0 unspecified atom stereocenters. The van der Waals surface area contributed by atoms with Crippen molar-refractivity contribution in [1.82, 2.24) is 5.32 Å². The SMILES string of the molecule is CCN(C)c1ccccc1NC(=O)N[C@H](CCO)C1CC1. The van der Waals surface area contributed by atoms with Crippen LogP contribution in [-0.2, 0) is 0 Å². The Labute approximate surface area is 126 Å². The number of hydrogen-bond acceptors (Lipinski definition) is 3. The Morgan fingerprint density at radius 2 is 2.14 bits per heavy atom. The van der Waals surface area contributed by atoms with Crippen LogP contribution in [0.4, 0.5) is 16.2 Å². The summed E-state index contributed by atoms with van der Waals surface area (Å²) in [6.45, 7) is 3.05. The Morgan fingerprint density at radius 1 is 1.43 bits per heavy atom. The van der Waals surface area contributed by atoms with Crippen molar-refractivity contribution < 1.29 is 9.90 Å². The lowest BCUT2D eigenvalue weighted by Gasteiger charge is -2.22. The number of nitrogens with zero attached hydrogens (tertiary/aromatic N) is 1. The van der Waals surface area contributed by atoms with Crippen molar-refractivity contribution in [2.75, 3.05) is 30.4 Å². The average molecular weight is 291 g/mol. The molecule has 3 N–H and O–H groups in total. The predicted molar refractivity (Wildman–Crippen MR) is 85.8 cm³/mol. The van der Waals surface area contributed by atoms with E-state index in [1.54, 1.807) is 0 Å². The number of rotatable bonds is 7. The lowest BCUT2D eigenvalue weighted by Crippen LogP contribution is -2.40. The molecule has 1 fully saturated rings. The largest absolute Gasteiger partial charge is 0.396 e. The molecule has 1 aromatic rings. The predicted octanol–water partition coefficient (Wildman–Crippen LogP) is 2.43. The van der Waals surface area contributed by atoms with Crippen molar-refractivity contribution in [3.63, 3.8) is 0 Å². The minimum atomic E-state index is -0.197. The molecule has 1 aliphatic carbocycles. The molecule has 1 saturated carbocycles. The molecule has 0 saturated heterocycles. The number of aliphatic hydroxyl groups is 1. The van der Waals surface area contributed by atoms with Crippen LogP contribution in [0.3, 0.4) is 0 Å². The van der Waals surface area contributed by atoms with Crippen LogP contribution >= 0.6 is 0 Å². The number of benzene rings is 1. The van der Waals surface area contributed by atoms with Crippen LogP contribution in [0.25, 0.3) is 0 Å². The van der Waals surface area contributed by atoms with E-state index < -0.39 is 0 Å². The van der Waals surface area contributed by atoms with E-state index in [0.717, 1.165) is 30.8 Å². The Morgan fingerprint density at radius 3 is 2.76 bits per heavy atom. The summed E-state index contributed by atoms with van der Waals surface area (Å²) in [5, 5.41) is 15.0. The van der Waals surface area contributed by atoms with Crippen LogP contribution in [0.2, 0.25) is 0 Å². The monoisotopic (exact) mass is 291 g/mol. The number of nitrogens with one attached hydrogen (secondary N) is 2. The zero-order chi connectivity index (χ0) is 15.2. The number of amides is 2. The van der Waals surface area contributed by atoms with Crippen LogP contribution in [0.1, 0.15) is 26.2 Å². The molecule has 1 atom stereocenters. The number of anilines is 2. The smallest absolute Gasteiger partial charge is 0.319 e. The van der Waals surface area contributed by atoms with Gasteiger partial charge < -0.3 is 20.6 Å². The number of aliphatic hydroxyl groups excluding tert-OH is 1. The maximum absolute atomic E-state index is 12.2. The third-order valence-electron chi connectivity index (χ3n) is 3.99. The molecule has 1 aliphatic rings. The first kappa shape index (κ1) is 15.6. The van der Waals surface area contributed by atoms with Crippen LogP contribution in [0.15, 0.2) is 24.3 Å². The fourth-order valence-electron chi connectivity index (χ4n) is 2.47. The van der Waals surface area contributed by atoms with Gasteiger partial charge in [-0.25, -0.2) is 4.79 Å². The van der Waals surface area contributed by atoms with Crippen molar-refractivity contribution >= 4 is 17.4 Å². The summed E-state index contributed by atoms with van der Waals surface area (Å²) < 4.78 is 0. The van der Waals surface area contributed by atoms with Gasteiger partial charge in [-0.3, -0.25) is 0 Å². The van der Waals surface area contributed by atoms with Gasteiger partial charge in [0.05, 0.1) is 11.4 Å². The van der Waals surface area contributed by atoms with Gasteiger partial charge in [0.25, 0.3) is 0 Å². The van der Waals surface area contributed by atoms with E-state index in [4.69, 9.17) is 5.11 Å². The fourth-order valence-corrected chi connectivity index (χ4v) is 2.47. The van der Waals surface area contributed by atoms with Crippen molar-refractivity contribution in [3.05, 3.63) is 24.3 Å². The van der Waals surface area contributed by atoms with Gasteiger partial charge in [0.15, 0.2) is 0 Å². The van der Waals surface area contributed by atoms with Gasteiger partial charge in [0.2, 0.25) is 0 Å². The second-order valence-electron chi connectivity index (χ2n) is 5.59. The highest BCUT2D eigenvalue weighted by molar-refractivity contribution is 5.93. The first-order chi connectivity index (χ1) is 10.2. The molecule has 0 bridgehead atoms. The quantitative estimate of drug-likeness (QED) is 0.723. The molecule has 21 heavy (non-hydrogen) atoms. The maximum atomic E-state index is 12.2. The van der Waals surface area contributed by atoms with Gasteiger partial charge in [0, 0.05) is 26.2 Å². The van der Waals surface area contributed by atoms with Gasteiger partial charge in [-0.15, -0.1) is 0 Å². The Bertz CT molecular complexity index is 474. The average Bonchev–Trinajstić information content (AvgIpc) is 3.31. The molecular formula is C16H25N3O2. The third kappa shape index (κ3) is 4.36. The van der Waals surface area contributed by atoms with Gasteiger partial charge in [-0.2, -0.15) is 0 Å². The van der Waals surface area contributed by atoms with E-state index in [9.17, 15) is 4.79 Å². The van der Waals surface area contributed by atoms with Crippen molar-refractivity contribution in [2.24, 2.45) is 5.92 Å². The van der Waals surface area contributed by atoms with E-state index in [0.29, 0.717) is 12.3 Å². The van der Waals surface area contributed by atoms with Crippen molar-refractivity contribution in [2.45, 2.75) is 32.2 Å². The third-order valence-corrected chi connectivity index (χ3v) is 3.99. The minimum absolute atomic E-state index is 0.0751. The highest BCUT2D eigenvalue weighted by Gasteiger charge is 2.31. The number of carbonyl (C=O) groups is 1. The van der Waals surface area contributed by atoms with E-state index in [1.807, 2.05) is 31.3 Å². The zero-order valence-corrected chi connectivity index (χ0v) is 12.8. The van der Waals surface area contributed by atoms with Crippen molar-refractivity contribution in [1.29, 1.82) is 0 Å². The molecule has 5 nitrogen and oxygen atoms in total. The van der Waals surface area contributed by atoms with Crippen LogP contribution in [0.5, 0.6) is 0 Å². The number of para-hydroxylation sites is 2. The highest BCUT2D eigenvalue weighted by atomic mass is 16.3. The number of urea groups is 1. The Hall–Kier alpha value is -1.75. The Kier molecular flexibility index (Phi) is 5.44. The minimum Gasteiger partial charge on any atom is -0.396 e. The summed E-state index contributed by atoms with van der Waals surface area (Å²) in [5.41, 5.74) is 1.80. The molecule has 1 aromatic carbocycles. The molecule has 116 valence electrons. The molecule has 0 aromatic heterocycles. The summed E-state index contributed by atoms with van der Waals surface area (Å²) in [5.74, 6) is 0.524. The molecular weight excluding hydrogens is 266 g/mol. The zero-order valence-electron chi connectivity index (χ0n) is 12.8. The summed E-state index contributed by atoms with van der Waals surface area (Å²) in [4.78, 5) is 14.3. The van der Waals surface area contributed by atoms with Gasteiger partial charge >= 0.3 is 6.03 Å². The van der Waals surface area contributed by atoms with Crippen LogP contribution < -0.4 is 15.5 Å². The molecule has 2 rings (SSSR count). The van der Waals surface area contributed by atoms with E-state index in [-0.39, 0.29) is 18.7 Å². The van der Waals surface area contributed by atoms with Crippen LogP contribution in [-0.4, -0.2) is 37.4 Å². The van der Waals surface area contributed by atoms with E-state index in [1.165, 1.54) is 0 Å². The topological polar surface area (TPSA) is 64.6 Å². The fraction of sp³-hybridized carbons (Fsp3) is 0.562. The highest BCUT2D eigenvalue weighted by Crippen LogP contribution is 2.34. The number of carbonyl (C=O) groups excluding carboxylic acids is 1. The molecule has 0 heterocycles. The van der Waals surface area contributed by atoms with E-state index in [2.05, 4.69) is 22.5 Å². The summed E-state index contributed by atoms with van der Waals surface area (Å²) in [7, 11) is 2.00. The first-order valence-electron chi connectivity index (χ1n) is 7.64. The summed E-state index contributed by atoms with van der Waals surface area (Å²) in [6, 6.07) is 7.64. The van der Waals surface area contributed by atoms with Crippen molar-refractivity contribution in [3.8, 4) is 0 Å². The molecule has 2 amide bonds. The maximum Gasteiger partial charge on any atom is 0.319 e. The molecule has 5 heteroatoms. The molecule has 0 spiro atoms. The molecule has 0 radical (unpaired) electrons. The number of hydrogen-bond donors (Lipinski definition) is 3. The van der Waals surface area contributed by atoms with E-state index >= 15 is 0 Å². The normalized spacial score (nSPS) is 15.4. The Balaban J connectivity index is 1.98. The van der Waals surface area contributed by atoms with Gasteiger partial charge in [-0.05, 0) is 44.2 Å². The summed E-state index contributed by atoms with van der Waals surface area (Å²) >= 11 is 0.